The van der Waals surface area contributed by atoms with Crippen molar-refractivity contribution < 1.29 is 0 Å². The first-order valence-corrected chi connectivity index (χ1v) is 5.33. The van der Waals surface area contributed by atoms with Crippen molar-refractivity contribution in [3.05, 3.63) is 35.9 Å². The maximum Gasteiger partial charge on any atom is 0.0292 e. The molecule has 1 aromatic rings. The summed E-state index contributed by atoms with van der Waals surface area (Å²) in [6.07, 6.45) is 0. The molecule has 0 fully saturated rings. The molecule has 0 aliphatic heterocycles. The van der Waals surface area contributed by atoms with Crippen LogP contribution in [0.3, 0.4) is 0 Å². The summed E-state index contributed by atoms with van der Waals surface area (Å²) >= 11 is 0. The molecular weight excluding hydrogens is 172 g/mol. The van der Waals surface area contributed by atoms with Gasteiger partial charge in [-0.25, -0.2) is 0 Å². The molecule has 2 heteroatoms. The van der Waals surface area contributed by atoms with Crippen molar-refractivity contribution in [2.75, 3.05) is 19.6 Å². The fraction of sp³-hybridized carbons (Fsp3) is 0.500. The summed E-state index contributed by atoms with van der Waals surface area (Å²) in [6, 6.07) is 11.0. The minimum absolute atomic E-state index is 0.440. The van der Waals surface area contributed by atoms with Crippen molar-refractivity contribution in [1.82, 2.24) is 10.6 Å². The molecule has 0 unspecified atom stereocenters. The summed E-state index contributed by atoms with van der Waals surface area (Å²) in [4.78, 5) is 0. The first kappa shape index (κ1) is 11.2. The number of hydrogen-bond donors (Lipinski definition) is 2. The Labute approximate surface area is 86.7 Å². The van der Waals surface area contributed by atoms with E-state index >= 15 is 0 Å². The molecule has 0 spiro atoms. The monoisotopic (exact) mass is 192 g/mol. The number of nitrogens with one attached hydrogen (secondary N) is 2. The third-order valence-corrected chi connectivity index (χ3v) is 2.30. The molecule has 78 valence electrons. The van der Waals surface area contributed by atoms with Crippen molar-refractivity contribution >= 4 is 0 Å². The molecule has 0 saturated heterocycles. The van der Waals surface area contributed by atoms with E-state index in [0.29, 0.717) is 6.04 Å². The van der Waals surface area contributed by atoms with Crippen LogP contribution in [-0.4, -0.2) is 19.6 Å². The van der Waals surface area contributed by atoms with Gasteiger partial charge in [0, 0.05) is 19.1 Å². The number of rotatable bonds is 6. The summed E-state index contributed by atoms with van der Waals surface area (Å²) in [6.45, 7) is 7.42. The Morgan fingerprint density at radius 1 is 1.14 bits per heavy atom. The molecule has 0 amide bonds. The standard InChI is InChI=1S/C12H20N2/c1-3-13-9-10-14-11(2)12-7-5-4-6-8-12/h4-8,11,13-14H,3,9-10H2,1-2H3/t11-/m1/s1. The van der Waals surface area contributed by atoms with Crippen molar-refractivity contribution in [3.8, 4) is 0 Å². The minimum atomic E-state index is 0.440. The highest BCUT2D eigenvalue weighted by Crippen LogP contribution is 2.09. The zero-order valence-corrected chi connectivity index (χ0v) is 9.09. The van der Waals surface area contributed by atoms with Crippen LogP contribution in [0, 0.1) is 0 Å². The van der Waals surface area contributed by atoms with E-state index < -0.39 is 0 Å². The molecule has 0 aliphatic rings. The topological polar surface area (TPSA) is 24.1 Å². The molecule has 0 radical (unpaired) electrons. The van der Waals surface area contributed by atoms with Crippen LogP contribution in [0.1, 0.15) is 25.5 Å². The maximum atomic E-state index is 3.47. The van der Waals surface area contributed by atoms with E-state index in [9.17, 15) is 0 Å². The van der Waals surface area contributed by atoms with Crippen molar-refractivity contribution in [2.45, 2.75) is 19.9 Å². The lowest BCUT2D eigenvalue weighted by Gasteiger charge is -2.13. The Bertz CT molecular complexity index is 233. The second-order valence-electron chi connectivity index (χ2n) is 3.44. The van der Waals surface area contributed by atoms with Crippen LogP contribution < -0.4 is 10.6 Å². The molecule has 0 bridgehead atoms. The lowest BCUT2D eigenvalue weighted by atomic mass is 10.1. The summed E-state index contributed by atoms with van der Waals surface area (Å²) in [5, 5.41) is 6.76. The van der Waals surface area contributed by atoms with Crippen LogP contribution in [0.15, 0.2) is 30.3 Å². The van der Waals surface area contributed by atoms with Gasteiger partial charge in [-0.05, 0) is 19.0 Å². The Kier molecular flexibility index (Phi) is 5.27. The van der Waals surface area contributed by atoms with E-state index in [2.05, 4.69) is 54.8 Å². The Balaban J connectivity index is 2.25. The van der Waals surface area contributed by atoms with Crippen LogP contribution in [-0.2, 0) is 0 Å². The number of benzene rings is 1. The van der Waals surface area contributed by atoms with Gasteiger partial charge in [-0.1, -0.05) is 37.3 Å². The van der Waals surface area contributed by atoms with Gasteiger partial charge in [0.25, 0.3) is 0 Å². The molecule has 1 aromatic carbocycles. The molecule has 2 N–H and O–H groups in total. The van der Waals surface area contributed by atoms with E-state index in [4.69, 9.17) is 0 Å². The van der Waals surface area contributed by atoms with Gasteiger partial charge in [-0.15, -0.1) is 0 Å². The minimum Gasteiger partial charge on any atom is -0.316 e. The van der Waals surface area contributed by atoms with Crippen molar-refractivity contribution in [1.29, 1.82) is 0 Å². The van der Waals surface area contributed by atoms with E-state index in [1.165, 1.54) is 5.56 Å². The van der Waals surface area contributed by atoms with Gasteiger partial charge in [0.2, 0.25) is 0 Å². The zero-order chi connectivity index (χ0) is 10.2. The Hall–Kier alpha value is -0.860. The SMILES string of the molecule is CCNCCN[C@H](C)c1ccccc1. The first-order chi connectivity index (χ1) is 6.84. The summed E-state index contributed by atoms with van der Waals surface area (Å²) in [5.74, 6) is 0. The normalized spacial score (nSPS) is 12.7. The first-order valence-electron chi connectivity index (χ1n) is 5.33. The van der Waals surface area contributed by atoms with Gasteiger partial charge in [0.15, 0.2) is 0 Å². The third kappa shape index (κ3) is 3.90. The largest absolute Gasteiger partial charge is 0.316 e. The number of likely N-dealkylation sites (N-methyl/N-ethyl adjacent to an activating group) is 1. The van der Waals surface area contributed by atoms with Crippen molar-refractivity contribution in [2.24, 2.45) is 0 Å². The fourth-order valence-corrected chi connectivity index (χ4v) is 1.41. The second kappa shape index (κ2) is 6.57. The Morgan fingerprint density at radius 2 is 1.86 bits per heavy atom. The molecule has 0 aromatic heterocycles. The molecule has 0 saturated carbocycles. The molecule has 1 atom stereocenters. The second-order valence-corrected chi connectivity index (χ2v) is 3.44. The average Bonchev–Trinajstić information content (AvgIpc) is 2.25. The highest BCUT2D eigenvalue weighted by molar-refractivity contribution is 5.17. The van der Waals surface area contributed by atoms with Gasteiger partial charge in [0.1, 0.15) is 0 Å². The van der Waals surface area contributed by atoms with Gasteiger partial charge in [0.05, 0.1) is 0 Å². The van der Waals surface area contributed by atoms with E-state index in [1.54, 1.807) is 0 Å². The van der Waals surface area contributed by atoms with Gasteiger partial charge in [-0.2, -0.15) is 0 Å². The summed E-state index contributed by atoms with van der Waals surface area (Å²) < 4.78 is 0. The van der Waals surface area contributed by atoms with Crippen LogP contribution in [0.2, 0.25) is 0 Å². The lowest BCUT2D eigenvalue weighted by molar-refractivity contribution is 0.552. The molecule has 14 heavy (non-hydrogen) atoms. The molecule has 0 aliphatic carbocycles. The van der Waals surface area contributed by atoms with Crippen LogP contribution in [0.4, 0.5) is 0 Å². The lowest BCUT2D eigenvalue weighted by Crippen LogP contribution is -2.28. The Morgan fingerprint density at radius 3 is 2.50 bits per heavy atom. The van der Waals surface area contributed by atoms with E-state index in [1.807, 2.05) is 0 Å². The number of hydrogen-bond acceptors (Lipinski definition) is 2. The summed E-state index contributed by atoms with van der Waals surface area (Å²) in [7, 11) is 0. The smallest absolute Gasteiger partial charge is 0.0292 e. The predicted octanol–water partition coefficient (Wildman–Crippen LogP) is 1.95. The van der Waals surface area contributed by atoms with E-state index in [-0.39, 0.29) is 0 Å². The highest BCUT2D eigenvalue weighted by atomic mass is 15.0. The van der Waals surface area contributed by atoms with Crippen LogP contribution in [0.5, 0.6) is 0 Å². The highest BCUT2D eigenvalue weighted by Gasteiger charge is 2.01. The third-order valence-electron chi connectivity index (χ3n) is 2.30. The quantitative estimate of drug-likeness (QED) is 0.673. The zero-order valence-electron chi connectivity index (χ0n) is 9.09. The fourth-order valence-electron chi connectivity index (χ4n) is 1.41. The predicted molar refractivity (Wildman–Crippen MR) is 61.4 cm³/mol. The molecule has 0 heterocycles. The molecule has 1 rings (SSSR count). The molecule has 2 nitrogen and oxygen atoms in total. The van der Waals surface area contributed by atoms with Gasteiger partial charge in [-0.3, -0.25) is 0 Å². The van der Waals surface area contributed by atoms with Gasteiger partial charge >= 0.3 is 0 Å². The average molecular weight is 192 g/mol. The van der Waals surface area contributed by atoms with E-state index in [0.717, 1.165) is 19.6 Å². The maximum absolute atomic E-state index is 3.47. The van der Waals surface area contributed by atoms with Crippen LogP contribution >= 0.6 is 0 Å². The molecular formula is C12H20N2. The van der Waals surface area contributed by atoms with Gasteiger partial charge < -0.3 is 10.6 Å². The van der Waals surface area contributed by atoms with Crippen molar-refractivity contribution in [3.63, 3.8) is 0 Å². The van der Waals surface area contributed by atoms with Crippen LogP contribution in [0.25, 0.3) is 0 Å². The summed E-state index contributed by atoms with van der Waals surface area (Å²) in [5.41, 5.74) is 1.35.